The van der Waals surface area contributed by atoms with E-state index in [1.54, 1.807) is 0 Å². The van der Waals surface area contributed by atoms with Gasteiger partial charge in [0.25, 0.3) is 0 Å². The third kappa shape index (κ3) is 1.32. The van der Waals surface area contributed by atoms with Crippen molar-refractivity contribution < 1.29 is 4.74 Å². The average Bonchev–Trinajstić information content (AvgIpc) is 2.17. The van der Waals surface area contributed by atoms with Crippen LogP contribution in [0, 0.1) is 5.92 Å². The summed E-state index contributed by atoms with van der Waals surface area (Å²) in [4.78, 5) is 0. The summed E-state index contributed by atoms with van der Waals surface area (Å²) in [5, 5.41) is 0. The first-order chi connectivity index (χ1) is 6.14. The maximum atomic E-state index is 6.36. The lowest BCUT2D eigenvalue weighted by atomic mass is 9.66. The van der Waals surface area contributed by atoms with E-state index in [1.165, 1.54) is 38.5 Å². The van der Waals surface area contributed by atoms with E-state index < -0.39 is 0 Å². The van der Waals surface area contributed by atoms with Gasteiger partial charge in [0.15, 0.2) is 0 Å². The summed E-state index contributed by atoms with van der Waals surface area (Å²) in [5.41, 5.74) is 0.464. The molecule has 0 aromatic rings. The molecule has 0 aromatic heterocycles. The average molecular weight is 182 g/mol. The molecule has 13 heavy (non-hydrogen) atoms. The van der Waals surface area contributed by atoms with Crippen molar-refractivity contribution in [2.24, 2.45) is 5.92 Å². The molecule has 0 spiro atoms. The van der Waals surface area contributed by atoms with Crippen molar-refractivity contribution >= 4 is 0 Å². The smallest absolute Gasteiger partial charge is 0.0712 e. The van der Waals surface area contributed by atoms with Gasteiger partial charge in [-0.25, -0.2) is 0 Å². The van der Waals surface area contributed by atoms with Gasteiger partial charge >= 0.3 is 0 Å². The van der Waals surface area contributed by atoms with E-state index in [-0.39, 0.29) is 11.2 Å². The van der Waals surface area contributed by atoms with Gasteiger partial charge in [-0.15, -0.1) is 0 Å². The molecule has 0 N–H and O–H groups in total. The Kier molecular flexibility index (Phi) is 2.18. The van der Waals surface area contributed by atoms with Crippen molar-refractivity contribution in [2.45, 2.75) is 70.5 Å². The number of hydrogen-bond donors (Lipinski definition) is 0. The molecule has 3 fully saturated rings. The molecule has 2 heterocycles. The highest BCUT2D eigenvalue weighted by Crippen LogP contribution is 2.52. The summed E-state index contributed by atoms with van der Waals surface area (Å²) in [7, 11) is 0. The zero-order chi connectivity index (χ0) is 9.53. The Balaban J connectivity index is 2.22. The van der Waals surface area contributed by atoms with Crippen LogP contribution in [0.25, 0.3) is 0 Å². The molecule has 2 bridgehead atoms. The molecule has 0 radical (unpaired) electrons. The van der Waals surface area contributed by atoms with E-state index in [2.05, 4.69) is 20.8 Å². The lowest BCUT2D eigenvalue weighted by molar-refractivity contribution is -0.248. The van der Waals surface area contributed by atoms with Crippen LogP contribution in [-0.4, -0.2) is 11.2 Å². The standard InChI is InChI=1S/C12H22O/c1-4-12(5-2)10-6-8-11(3,13-12)9-7-10/h10H,4-9H2,1-3H3. The minimum Gasteiger partial charge on any atom is -0.369 e. The summed E-state index contributed by atoms with van der Waals surface area (Å²) in [5.74, 6) is 0.851. The van der Waals surface area contributed by atoms with Gasteiger partial charge in [0.1, 0.15) is 0 Å². The molecular weight excluding hydrogens is 160 g/mol. The van der Waals surface area contributed by atoms with Crippen molar-refractivity contribution in [3.63, 3.8) is 0 Å². The highest BCUT2D eigenvalue weighted by atomic mass is 16.5. The summed E-state index contributed by atoms with van der Waals surface area (Å²) < 4.78 is 6.36. The normalized spacial score (nSPS) is 42.2. The lowest BCUT2D eigenvalue weighted by Gasteiger charge is -2.56. The molecule has 0 aromatic carbocycles. The molecule has 3 aliphatic rings. The number of fused-ring (bicyclic) bond motifs is 3. The largest absolute Gasteiger partial charge is 0.369 e. The van der Waals surface area contributed by atoms with Crippen molar-refractivity contribution in [1.82, 2.24) is 0 Å². The van der Waals surface area contributed by atoms with Crippen molar-refractivity contribution in [2.75, 3.05) is 0 Å². The van der Waals surface area contributed by atoms with Crippen LogP contribution in [0.1, 0.15) is 59.3 Å². The first-order valence-corrected chi connectivity index (χ1v) is 5.84. The Bertz CT molecular complexity index is 185. The van der Waals surface area contributed by atoms with E-state index in [4.69, 9.17) is 4.74 Å². The molecule has 2 saturated heterocycles. The molecular formula is C12H22O. The minimum atomic E-state index is 0.223. The third-order valence-electron chi connectivity index (χ3n) is 4.43. The molecule has 3 rings (SSSR count). The zero-order valence-corrected chi connectivity index (χ0v) is 9.23. The summed E-state index contributed by atoms with van der Waals surface area (Å²) in [6, 6.07) is 0. The molecule has 1 heteroatoms. The SMILES string of the molecule is CCC1(CC)OC2(C)CCC1CC2. The van der Waals surface area contributed by atoms with Crippen LogP contribution in [0.2, 0.25) is 0 Å². The molecule has 1 nitrogen and oxygen atoms in total. The molecule has 0 unspecified atom stereocenters. The first kappa shape index (κ1) is 9.51. The maximum Gasteiger partial charge on any atom is 0.0712 e. The molecule has 2 aliphatic heterocycles. The zero-order valence-electron chi connectivity index (χ0n) is 9.23. The Labute approximate surface area is 81.9 Å². The Morgan fingerprint density at radius 1 is 1.15 bits per heavy atom. The number of ether oxygens (including phenoxy) is 1. The van der Waals surface area contributed by atoms with Crippen LogP contribution in [0.3, 0.4) is 0 Å². The monoisotopic (exact) mass is 182 g/mol. The third-order valence-corrected chi connectivity index (χ3v) is 4.43. The van der Waals surface area contributed by atoms with Gasteiger partial charge in [0.05, 0.1) is 11.2 Å². The summed E-state index contributed by atoms with van der Waals surface area (Å²) in [6.45, 7) is 6.88. The highest BCUT2D eigenvalue weighted by Gasteiger charge is 2.51. The van der Waals surface area contributed by atoms with E-state index in [9.17, 15) is 0 Å². The Hall–Kier alpha value is -0.0400. The fraction of sp³-hybridized carbons (Fsp3) is 1.00. The molecule has 0 amide bonds. The van der Waals surface area contributed by atoms with E-state index in [0.717, 1.165) is 5.92 Å². The fourth-order valence-electron chi connectivity index (χ4n) is 3.40. The van der Waals surface area contributed by atoms with Crippen LogP contribution in [0.15, 0.2) is 0 Å². The lowest BCUT2D eigenvalue weighted by Crippen LogP contribution is -2.56. The van der Waals surface area contributed by atoms with Crippen LogP contribution in [0.4, 0.5) is 0 Å². The van der Waals surface area contributed by atoms with Gasteiger partial charge in [-0.3, -0.25) is 0 Å². The van der Waals surface area contributed by atoms with Gasteiger partial charge in [-0.05, 0) is 51.4 Å². The van der Waals surface area contributed by atoms with Gasteiger partial charge < -0.3 is 4.74 Å². The molecule has 1 saturated carbocycles. The second-order valence-electron chi connectivity index (χ2n) is 5.10. The number of rotatable bonds is 2. The van der Waals surface area contributed by atoms with Crippen LogP contribution >= 0.6 is 0 Å². The topological polar surface area (TPSA) is 9.23 Å². The molecule has 76 valence electrons. The summed E-state index contributed by atoms with van der Waals surface area (Å²) in [6.07, 6.45) is 7.78. The van der Waals surface area contributed by atoms with Crippen LogP contribution in [0.5, 0.6) is 0 Å². The van der Waals surface area contributed by atoms with Gasteiger partial charge in [0, 0.05) is 0 Å². The van der Waals surface area contributed by atoms with Crippen LogP contribution < -0.4 is 0 Å². The van der Waals surface area contributed by atoms with Crippen molar-refractivity contribution in [3.8, 4) is 0 Å². The fourth-order valence-corrected chi connectivity index (χ4v) is 3.40. The van der Waals surface area contributed by atoms with E-state index >= 15 is 0 Å². The van der Waals surface area contributed by atoms with Gasteiger partial charge in [-0.1, -0.05) is 13.8 Å². The Morgan fingerprint density at radius 3 is 2.00 bits per heavy atom. The van der Waals surface area contributed by atoms with E-state index in [1.807, 2.05) is 0 Å². The van der Waals surface area contributed by atoms with Gasteiger partial charge in [-0.2, -0.15) is 0 Å². The predicted molar refractivity (Wildman–Crippen MR) is 54.8 cm³/mol. The second kappa shape index (κ2) is 2.98. The molecule has 0 atom stereocenters. The van der Waals surface area contributed by atoms with E-state index in [0.29, 0.717) is 0 Å². The minimum absolute atomic E-state index is 0.223. The first-order valence-electron chi connectivity index (χ1n) is 5.84. The molecule has 1 aliphatic carbocycles. The maximum absolute atomic E-state index is 6.36. The quantitative estimate of drug-likeness (QED) is 0.635. The summed E-state index contributed by atoms with van der Waals surface area (Å²) >= 11 is 0. The predicted octanol–water partition coefficient (Wildman–Crippen LogP) is 3.52. The van der Waals surface area contributed by atoms with Crippen LogP contribution in [-0.2, 0) is 4.74 Å². The van der Waals surface area contributed by atoms with Crippen molar-refractivity contribution in [1.29, 1.82) is 0 Å². The number of hydrogen-bond acceptors (Lipinski definition) is 1. The Morgan fingerprint density at radius 2 is 1.69 bits per heavy atom. The second-order valence-corrected chi connectivity index (χ2v) is 5.10. The van der Waals surface area contributed by atoms with Gasteiger partial charge in [0.2, 0.25) is 0 Å². The highest BCUT2D eigenvalue weighted by molar-refractivity contribution is 5.00. The van der Waals surface area contributed by atoms with Crippen molar-refractivity contribution in [3.05, 3.63) is 0 Å².